The Morgan fingerprint density at radius 1 is 1.50 bits per heavy atom. The molecule has 0 aromatic carbocycles. The van der Waals surface area contributed by atoms with Crippen molar-refractivity contribution in [2.75, 3.05) is 6.61 Å². The minimum absolute atomic E-state index is 0.116. The van der Waals surface area contributed by atoms with E-state index in [0.717, 1.165) is 6.42 Å². The first kappa shape index (κ1) is 11.7. The molecular weight excluding hydrogens is 183 g/mol. The summed E-state index contributed by atoms with van der Waals surface area (Å²) in [5, 5.41) is 17.1. The third-order valence-corrected chi connectivity index (χ3v) is 2.25. The summed E-state index contributed by atoms with van der Waals surface area (Å²) in [4.78, 5) is 0. The van der Waals surface area contributed by atoms with E-state index < -0.39 is 7.12 Å². The van der Waals surface area contributed by atoms with Crippen molar-refractivity contribution >= 4 is 7.12 Å². The molecule has 3 atom stereocenters. The number of hydrogen-bond acceptors (Lipinski definition) is 4. The van der Waals surface area contributed by atoms with Gasteiger partial charge in [-0.2, -0.15) is 0 Å². The molecule has 1 aliphatic rings. The molecule has 5 heteroatoms. The molecule has 1 fully saturated rings. The molecule has 0 aromatic rings. The second kappa shape index (κ2) is 5.51. The summed E-state index contributed by atoms with van der Waals surface area (Å²) in [7, 11) is -1.39. The topological polar surface area (TPSA) is 58.9 Å². The van der Waals surface area contributed by atoms with Crippen LogP contribution in [-0.2, 0) is 9.47 Å². The number of ether oxygens (including phenoxy) is 2. The lowest BCUT2D eigenvalue weighted by Gasteiger charge is -2.13. The third kappa shape index (κ3) is 3.80. The molecule has 80 valence electrons. The van der Waals surface area contributed by atoms with Crippen LogP contribution in [0, 0.1) is 0 Å². The van der Waals surface area contributed by atoms with Crippen LogP contribution in [-0.4, -0.2) is 42.1 Å². The average Bonchev–Trinajstić information content (AvgIpc) is 2.39. The zero-order valence-electron chi connectivity index (χ0n) is 8.59. The predicted molar refractivity (Wildman–Crippen MR) is 53.7 cm³/mol. The summed E-state index contributed by atoms with van der Waals surface area (Å²) >= 11 is 0. The van der Waals surface area contributed by atoms with Crippen LogP contribution in [0.4, 0.5) is 0 Å². The van der Waals surface area contributed by atoms with Gasteiger partial charge in [-0.1, -0.05) is 12.1 Å². The maximum absolute atomic E-state index is 8.53. The highest BCUT2D eigenvalue weighted by molar-refractivity contribution is 6.47. The molecule has 0 amide bonds. The smallest absolute Gasteiger partial charge is 0.424 e. The van der Waals surface area contributed by atoms with Gasteiger partial charge in [0.2, 0.25) is 0 Å². The molecule has 0 bridgehead atoms. The number of rotatable bonds is 4. The van der Waals surface area contributed by atoms with Crippen molar-refractivity contribution in [2.24, 2.45) is 0 Å². The first-order valence-electron chi connectivity index (χ1n) is 4.89. The van der Waals surface area contributed by atoms with Gasteiger partial charge >= 0.3 is 7.12 Å². The van der Waals surface area contributed by atoms with E-state index in [9.17, 15) is 0 Å². The van der Waals surface area contributed by atoms with Crippen LogP contribution in [0.2, 0.25) is 0 Å². The average molecular weight is 200 g/mol. The summed E-state index contributed by atoms with van der Waals surface area (Å²) in [6.07, 6.45) is 2.99. The van der Waals surface area contributed by atoms with Crippen LogP contribution >= 0.6 is 0 Å². The van der Waals surface area contributed by atoms with Gasteiger partial charge in [-0.15, -0.1) is 0 Å². The van der Waals surface area contributed by atoms with E-state index in [-0.39, 0.29) is 18.3 Å². The molecule has 0 saturated carbocycles. The van der Waals surface area contributed by atoms with E-state index >= 15 is 0 Å². The Morgan fingerprint density at radius 3 is 2.71 bits per heavy atom. The summed E-state index contributed by atoms with van der Waals surface area (Å²) in [5.74, 6) is 1.28. The van der Waals surface area contributed by atoms with Gasteiger partial charge in [0.25, 0.3) is 0 Å². The Labute approximate surface area is 84.7 Å². The lowest BCUT2D eigenvalue weighted by molar-refractivity contribution is -0.000711. The monoisotopic (exact) mass is 200 g/mol. The molecule has 1 aliphatic heterocycles. The highest BCUT2D eigenvalue weighted by Gasteiger charge is 2.29. The Bertz CT molecular complexity index is 195. The van der Waals surface area contributed by atoms with Crippen molar-refractivity contribution in [3.8, 4) is 0 Å². The van der Waals surface area contributed by atoms with Crippen molar-refractivity contribution in [1.82, 2.24) is 0 Å². The second-order valence-corrected chi connectivity index (χ2v) is 3.60. The lowest BCUT2D eigenvalue weighted by atomic mass is 9.92. The Balaban J connectivity index is 2.18. The molecule has 0 unspecified atom stereocenters. The Hall–Kier alpha value is -0.355. The normalized spacial score (nSPS) is 32.7. The molecule has 14 heavy (non-hydrogen) atoms. The fourth-order valence-corrected chi connectivity index (χ4v) is 1.59. The molecule has 2 N–H and O–H groups in total. The lowest BCUT2D eigenvalue weighted by Crippen LogP contribution is -2.21. The molecule has 0 spiro atoms. The van der Waals surface area contributed by atoms with E-state index in [4.69, 9.17) is 19.5 Å². The molecule has 1 saturated heterocycles. The van der Waals surface area contributed by atoms with Crippen LogP contribution in [0.1, 0.15) is 20.3 Å². The van der Waals surface area contributed by atoms with E-state index in [1.54, 1.807) is 6.08 Å². The predicted octanol–water partition coefficient (Wildman–Crippen LogP) is 0.137. The quantitative estimate of drug-likeness (QED) is 0.633. The SMILES string of the molecule is C[C@H]1C[C@@H](OC/C=C\B(O)O)[C@@H](C)O1. The van der Waals surface area contributed by atoms with E-state index in [1.807, 2.05) is 13.8 Å². The van der Waals surface area contributed by atoms with E-state index in [1.165, 1.54) is 5.98 Å². The zero-order valence-corrected chi connectivity index (χ0v) is 8.59. The molecule has 1 heterocycles. The summed E-state index contributed by atoms with van der Waals surface area (Å²) in [6.45, 7) is 4.40. The van der Waals surface area contributed by atoms with Crippen LogP contribution < -0.4 is 0 Å². The van der Waals surface area contributed by atoms with Crippen molar-refractivity contribution in [3.05, 3.63) is 12.1 Å². The molecule has 1 rings (SSSR count). The van der Waals surface area contributed by atoms with Gasteiger partial charge in [-0.25, -0.2) is 0 Å². The molecule has 4 nitrogen and oxygen atoms in total. The van der Waals surface area contributed by atoms with Gasteiger partial charge < -0.3 is 19.5 Å². The molecule has 0 aromatic heterocycles. The van der Waals surface area contributed by atoms with Gasteiger partial charge in [0.1, 0.15) is 0 Å². The minimum atomic E-state index is -1.39. The van der Waals surface area contributed by atoms with Crippen molar-refractivity contribution in [1.29, 1.82) is 0 Å². The third-order valence-electron chi connectivity index (χ3n) is 2.25. The van der Waals surface area contributed by atoms with Gasteiger partial charge in [0.05, 0.1) is 24.9 Å². The fraction of sp³-hybridized carbons (Fsp3) is 0.778. The Morgan fingerprint density at radius 2 is 2.21 bits per heavy atom. The molecular formula is C9H17BO4. The summed E-state index contributed by atoms with van der Waals surface area (Å²) in [5.41, 5.74) is 0. The summed E-state index contributed by atoms with van der Waals surface area (Å²) < 4.78 is 11.0. The first-order chi connectivity index (χ1) is 6.59. The first-order valence-corrected chi connectivity index (χ1v) is 4.89. The van der Waals surface area contributed by atoms with Gasteiger partial charge in [0, 0.05) is 6.42 Å². The van der Waals surface area contributed by atoms with Crippen molar-refractivity contribution < 1.29 is 19.5 Å². The fourth-order valence-electron chi connectivity index (χ4n) is 1.59. The highest BCUT2D eigenvalue weighted by atomic mass is 16.6. The molecule has 0 radical (unpaired) electrons. The number of hydrogen-bond donors (Lipinski definition) is 2. The van der Waals surface area contributed by atoms with Crippen molar-refractivity contribution in [2.45, 2.75) is 38.6 Å². The Kier molecular flexibility index (Phi) is 4.61. The highest BCUT2D eigenvalue weighted by Crippen LogP contribution is 2.22. The van der Waals surface area contributed by atoms with Crippen LogP contribution in [0.5, 0.6) is 0 Å². The van der Waals surface area contributed by atoms with Crippen LogP contribution in [0.15, 0.2) is 12.1 Å². The van der Waals surface area contributed by atoms with Gasteiger partial charge in [-0.3, -0.25) is 0 Å². The maximum Gasteiger partial charge on any atom is 0.480 e. The van der Waals surface area contributed by atoms with E-state index in [0.29, 0.717) is 6.61 Å². The standard InChI is InChI=1S/C9H17BO4/c1-7-6-9(8(2)14-7)13-5-3-4-10(11)12/h3-4,7-9,11-12H,5-6H2,1-2H3/b4-3-/t7-,8+,9+/m0/s1. The largest absolute Gasteiger partial charge is 0.480 e. The molecule has 0 aliphatic carbocycles. The maximum atomic E-state index is 8.53. The second-order valence-electron chi connectivity index (χ2n) is 3.60. The van der Waals surface area contributed by atoms with Gasteiger partial charge in [-0.05, 0) is 13.8 Å². The minimum Gasteiger partial charge on any atom is -0.424 e. The van der Waals surface area contributed by atoms with Crippen LogP contribution in [0.25, 0.3) is 0 Å². The van der Waals surface area contributed by atoms with E-state index in [2.05, 4.69) is 0 Å². The van der Waals surface area contributed by atoms with Gasteiger partial charge in [0.15, 0.2) is 0 Å². The van der Waals surface area contributed by atoms with Crippen molar-refractivity contribution in [3.63, 3.8) is 0 Å². The zero-order chi connectivity index (χ0) is 10.6. The van der Waals surface area contributed by atoms with Crippen LogP contribution in [0.3, 0.4) is 0 Å². The summed E-state index contributed by atoms with van der Waals surface area (Å²) in [6, 6.07) is 0.